The van der Waals surface area contributed by atoms with Crippen molar-refractivity contribution in [2.45, 2.75) is 18.4 Å². The molecule has 1 aromatic carbocycles. The molecule has 2 N–H and O–H groups in total. The molecule has 2 aliphatic rings. The van der Waals surface area contributed by atoms with Gasteiger partial charge in [-0.3, -0.25) is 9.59 Å². The van der Waals surface area contributed by atoms with Gasteiger partial charge in [0.2, 0.25) is 11.8 Å². The quantitative estimate of drug-likeness (QED) is 0.910. The van der Waals surface area contributed by atoms with Crippen LogP contribution in [0.1, 0.15) is 17.9 Å². The summed E-state index contributed by atoms with van der Waals surface area (Å²) in [6, 6.07) is 5.36. The Morgan fingerprint density at radius 2 is 1.91 bits per heavy atom. The summed E-state index contributed by atoms with van der Waals surface area (Å²) in [6.45, 7) is 1.05. The van der Waals surface area contributed by atoms with Gasteiger partial charge in [-0.15, -0.1) is 0 Å². The number of amides is 2. The molecule has 3 rings (SSSR count). The normalized spacial score (nSPS) is 27.5. The van der Waals surface area contributed by atoms with Gasteiger partial charge in [0, 0.05) is 22.5 Å². The smallest absolute Gasteiger partial charge is 0.248 e. The molecule has 3 unspecified atom stereocenters. The number of ether oxygens (including phenoxy) is 1. The van der Waals surface area contributed by atoms with E-state index < -0.39 is 12.0 Å². The van der Waals surface area contributed by atoms with Crippen LogP contribution in [0.4, 0.5) is 0 Å². The van der Waals surface area contributed by atoms with E-state index in [1.807, 2.05) is 12.1 Å². The maximum Gasteiger partial charge on any atom is 0.248 e. The number of morpholine rings is 1. The lowest BCUT2D eigenvalue weighted by atomic mass is 10.1. The number of benzene rings is 1. The molecule has 1 aliphatic carbocycles. The minimum Gasteiger partial charge on any atom is -0.367 e. The van der Waals surface area contributed by atoms with Crippen LogP contribution < -0.4 is 5.73 Å². The van der Waals surface area contributed by atoms with Crippen molar-refractivity contribution in [3.63, 3.8) is 0 Å². The number of nitrogens with two attached hydrogens (primary N) is 1. The first kappa shape index (κ1) is 15.6. The first-order valence-electron chi connectivity index (χ1n) is 7.11. The Hall–Kier alpha value is -1.30. The van der Waals surface area contributed by atoms with Crippen molar-refractivity contribution in [2.24, 2.45) is 11.7 Å². The lowest BCUT2D eigenvalue weighted by molar-refractivity contribution is -0.146. The Morgan fingerprint density at radius 1 is 1.23 bits per heavy atom. The summed E-state index contributed by atoms with van der Waals surface area (Å²) in [5.41, 5.74) is 6.22. The molecule has 7 heteroatoms. The van der Waals surface area contributed by atoms with E-state index in [1.165, 1.54) is 0 Å². The molecule has 0 bridgehead atoms. The van der Waals surface area contributed by atoms with Crippen LogP contribution >= 0.6 is 23.2 Å². The molecule has 5 nitrogen and oxygen atoms in total. The van der Waals surface area contributed by atoms with Crippen molar-refractivity contribution in [1.82, 2.24) is 4.90 Å². The van der Waals surface area contributed by atoms with Crippen LogP contribution in [0.25, 0.3) is 0 Å². The molecule has 1 saturated heterocycles. The second kappa shape index (κ2) is 6.07. The summed E-state index contributed by atoms with van der Waals surface area (Å²) in [6.07, 6.45) is 0.0594. The van der Waals surface area contributed by atoms with E-state index in [-0.39, 0.29) is 24.3 Å². The van der Waals surface area contributed by atoms with Gasteiger partial charge in [0.15, 0.2) is 6.10 Å². The Balaban J connectivity index is 1.66. The summed E-state index contributed by atoms with van der Waals surface area (Å²) in [4.78, 5) is 25.4. The van der Waals surface area contributed by atoms with Gasteiger partial charge in [-0.1, -0.05) is 23.2 Å². The fourth-order valence-corrected chi connectivity index (χ4v) is 3.42. The van der Waals surface area contributed by atoms with Crippen LogP contribution in [0.3, 0.4) is 0 Å². The minimum absolute atomic E-state index is 0.0376. The number of primary amides is 1. The van der Waals surface area contributed by atoms with Crippen molar-refractivity contribution in [2.75, 3.05) is 19.7 Å². The number of hydrogen-bond acceptors (Lipinski definition) is 3. The Morgan fingerprint density at radius 3 is 2.55 bits per heavy atom. The molecule has 1 saturated carbocycles. The highest BCUT2D eigenvalue weighted by Gasteiger charge is 2.46. The Bertz CT molecular complexity index is 603. The van der Waals surface area contributed by atoms with Crippen LogP contribution in [0.15, 0.2) is 18.2 Å². The van der Waals surface area contributed by atoms with E-state index >= 15 is 0 Å². The zero-order valence-electron chi connectivity index (χ0n) is 11.8. The van der Waals surface area contributed by atoms with Crippen LogP contribution in [0.5, 0.6) is 0 Å². The number of nitrogens with zero attached hydrogens (tertiary/aromatic N) is 1. The molecular formula is C15H16Cl2N2O3. The molecule has 1 heterocycles. The second-order valence-electron chi connectivity index (χ2n) is 5.70. The molecule has 0 spiro atoms. The van der Waals surface area contributed by atoms with Gasteiger partial charge in [0.05, 0.1) is 13.2 Å². The molecule has 2 amide bonds. The molecule has 1 aromatic rings. The molecule has 118 valence electrons. The maximum absolute atomic E-state index is 12.5. The van der Waals surface area contributed by atoms with Crippen LogP contribution in [0.2, 0.25) is 10.0 Å². The molecule has 1 aliphatic heterocycles. The minimum atomic E-state index is -0.712. The predicted molar refractivity (Wildman–Crippen MR) is 82.8 cm³/mol. The SMILES string of the molecule is NC(=O)C1CN(C(=O)C2CC2c2cc(Cl)cc(Cl)c2)CCO1. The summed E-state index contributed by atoms with van der Waals surface area (Å²) in [5, 5.41) is 1.14. The fraction of sp³-hybridized carbons (Fsp3) is 0.467. The average molecular weight is 343 g/mol. The monoisotopic (exact) mass is 342 g/mol. The molecule has 2 fully saturated rings. The number of hydrogen-bond donors (Lipinski definition) is 1. The molecule has 3 atom stereocenters. The lowest BCUT2D eigenvalue weighted by Gasteiger charge is -2.31. The van der Waals surface area contributed by atoms with Gasteiger partial charge < -0.3 is 15.4 Å². The van der Waals surface area contributed by atoms with Crippen molar-refractivity contribution in [3.05, 3.63) is 33.8 Å². The maximum atomic E-state index is 12.5. The third-order valence-corrected chi connectivity index (χ3v) is 4.55. The van der Waals surface area contributed by atoms with E-state index in [2.05, 4.69) is 0 Å². The Kier molecular flexibility index (Phi) is 4.30. The number of carbonyl (C=O) groups is 2. The van der Waals surface area contributed by atoms with Gasteiger partial charge in [0.25, 0.3) is 0 Å². The number of halogens is 2. The highest BCUT2D eigenvalue weighted by atomic mass is 35.5. The molecule has 0 aromatic heterocycles. The van der Waals surface area contributed by atoms with Crippen LogP contribution in [-0.4, -0.2) is 42.5 Å². The van der Waals surface area contributed by atoms with Gasteiger partial charge >= 0.3 is 0 Å². The fourth-order valence-electron chi connectivity index (χ4n) is 2.88. The predicted octanol–water partition coefficient (Wildman–Crippen LogP) is 1.81. The standard InChI is InChI=1S/C15H16Cl2N2O3/c16-9-3-8(4-10(17)5-9)11-6-12(11)15(21)19-1-2-22-13(7-19)14(18)20/h3-5,11-13H,1-2,6-7H2,(H2,18,20). The average Bonchev–Trinajstić information content (AvgIpc) is 3.26. The van der Waals surface area contributed by atoms with E-state index in [0.29, 0.717) is 23.2 Å². The summed E-state index contributed by atoms with van der Waals surface area (Å²) < 4.78 is 5.26. The first-order valence-corrected chi connectivity index (χ1v) is 7.87. The first-order chi connectivity index (χ1) is 10.5. The zero-order chi connectivity index (χ0) is 15.9. The van der Waals surface area contributed by atoms with E-state index in [4.69, 9.17) is 33.7 Å². The Labute approximate surface area is 138 Å². The van der Waals surface area contributed by atoms with E-state index in [0.717, 1.165) is 12.0 Å². The third-order valence-electron chi connectivity index (χ3n) is 4.12. The number of carbonyl (C=O) groups excluding carboxylic acids is 2. The van der Waals surface area contributed by atoms with Crippen molar-refractivity contribution in [3.8, 4) is 0 Å². The summed E-state index contributed by atoms with van der Waals surface area (Å²) in [7, 11) is 0. The van der Waals surface area contributed by atoms with Gasteiger partial charge in [-0.2, -0.15) is 0 Å². The highest BCUT2D eigenvalue weighted by Crippen LogP contribution is 2.49. The van der Waals surface area contributed by atoms with Crippen molar-refractivity contribution >= 4 is 35.0 Å². The topological polar surface area (TPSA) is 72.6 Å². The largest absolute Gasteiger partial charge is 0.367 e. The van der Waals surface area contributed by atoms with Gasteiger partial charge in [-0.05, 0) is 36.1 Å². The summed E-state index contributed by atoms with van der Waals surface area (Å²) >= 11 is 12.0. The molecular weight excluding hydrogens is 327 g/mol. The number of rotatable bonds is 3. The lowest BCUT2D eigenvalue weighted by Crippen LogP contribution is -2.50. The molecule has 22 heavy (non-hydrogen) atoms. The highest BCUT2D eigenvalue weighted by molar-refractivity contribution is 6.34. The van der Waals surface area contributed by atoms with E-state index in [9.17, 15) is 9.59 Å². The van der Waals surface area contributed by atoms with Crippen molar-refractivity contribution < 1.29 is 14.3 Å². The molecule has 0 radical (unpaired) electrons. The van der Waals surface area contributed by atoms with Crippen LogP contribution in [-0.2, 0) is 14.3 Å². The van der Waals surface area contributed by atoms with Gasteiger partial charge in [-0.25, -0.2) is 0 Å². The van der Waals surface area contributed by atoms with Crippen LogP contribution in [0, 0.1) is 5.92 Å². The zero-order valence-corrected chi connectivity index (χ0v) is 13.3. The van der Waals surface area contributed by atoms with E-state index in [1.54, 1.807) is 11.0 Å². The summed E-state index contributed by atoms with van der Waals surface area (Å²) in [5.74, 6) is -0.443. The van der Waals surface area contributed by atoms with Crippen molar-refractivity contribution in [1.29, 1.82) is 0 Å². The van der Waals surface area contributed by atoms with Gasteiger partial charge in [0.1, 0.15) is 0 Å². The third kappa shape index (κ3) is 3.21. The second-order valence-corrected chi connectivity index (χ2v) is 6.57.